The largest absolute Gasteiger partial charge is 0.486 e. The van der Waals surface area contributed by atoms with Crippen LogP contribution in [0.3, 0.4) is 0 Å². The van der Waals surface area contributed by atoms with Crippen LogP contribution in [0.25, 0.3) is 0 Å². The van der Waals surface area contributed by atoms with E-state index in [9.17, 15) is 5.11 Å². The number of benzene rings is 1. The third-order valence-electron chi connectivity index (χ3n) is 4.55. The number of hydrogen-bond donors (Lipinski definition) is 1. The van der Waals surface area contributed by atoms with Gasteiger partial charge < -0.3 is 24.2 Å². The third-order valence-corrected chi connectivity index (χ3v) is 4.55. The van der Waals surface area contributed by atoms with Crippen molar-refractivity contribution in [2.24, 2.45) is 5.41 Å². The first kappa shape index (κ1) is 15.6. The van der Waals surface area contributed by atoms with Crippen molar-refractivity contribution < 1.29 is 19.3 Å². The summed E-state index contributed by atoms with van der Waals surface area (Å²) in [4.78, 5) is 2.27. The predicted molar refractivity (Wildman–Crippen MR) is 83.3 cm³/mol. The van der Waals surface area contributed by atoms with Crippen LogP contribution < -0.4 is 9.47 Å². The Bertz CT molecular complexity index is 499. The molecule has 3 rings (SSSR count). The number of nitrogens with zero attached hydrogens (tertiary/aromatic N) is 1. The summed E-state index contributed by atoms with van der Waals surface area (Å²) in [7, 11) is 2.10. The Kier molecular flexibility index (Phi) is 4.86. The van der Waals surface area contributed by atoms with E-state index in [1.54, 1.807) is 0 Å². The molecule has 0 aromatic heterocycles. The van der Waals surface area contributed by atoms with Crippen molar-refractivity contribution in [1.29, 1.82) is 0 Å². The second-order valence-electron chi connectivity index (χ2n) is 6.42. The fourth-order valence-electron chi connectivity index (χ4n) is 3.30. The van der Waals surface area contributed by atoms with Crippen molar-refractivity contribution in [2.75, 3.05) is 46.6 Å². The van der Waals surface area contributed by atoms with E-state index in [2.05, 4.69) is 24.1 Å². The van der Waals surface area contributed by atoms with Gasteiger partial charge in [0.05, 0.1) is 6.61 Å². The maximum absolute atomic E-state index is 9.80. The molecule has 5 nitrogen and oxygen atoms in total. The molecule has 0 radical (unpaired) electrons. The maximum Gasteiger partial charge on any atom is 0.161 e. The fourth-order valence-corrected chi connectivity index (χ4v) is 3.30. The van der Waals surface area contributed by atoms with Crippen LogP contribution >= 0.6 is 0 Å². The number of ether oxygens (including phenoxy) is 3. The average molecular weight is 307 g/mol. The van der Waals surface area contributed by atoms with E-state index in [1.165, 1.54) is 5.56 Å². The Hall–Kier alpha value is -1.30. The summed E-state index contributed by atoms with van der Waals surface area (Å²) in [6.07, 6.45) is 1.85. The molecule has 0 bridgehead atoms. The molecule has 0 aliphatic carbocycles. The van der Waals surface area contributed by atoms with Crippen LogP contribution in [-0.2, 0) is 11.3 Å². The van der Waals surface area contributed by atoms with E-state index in [1.807, 2.05) is 6.07 Å². The highest BCUT2D eigenvalue weighted by atomic mass is 16.6. The molecule has 0 atom stereocenters. The van der Waals surface area contributed by atoms with Gasteiger partial charge in [0.25, 0.3) is 0 Å². The lowest BCUT2D eigenvalue weighted by molar-refractivity contribution is -0.0318. The fraction of sp³-hybridized carbons (Fsp3) is 0.647. The first-order valence-electron chi connectivity index (χ1n) is 7.96. The van der Waals surface area contributed by atoms with Crippen LogP contribution in [0.4, 0.5) is 0 Å². The molecule has 5 heteroatoms. The lowest BCUT2D eigenvalue weighted by Crippen LogP contribution is -2.42. The van der Waals surface area contributed by atoms with Crippen LogP contribution in [0.15, 0.2) is 18.2 Å². The highest BCUT2D eigenvalue weighted by Gasteiger charge is 2.33. The third kappa shape index (κ3) is 3.54. The number of rotatable bonds is 5. The lowest BCUT2D eigenvalue weighted by Gasteiger charge is -2.38. The van der Waals surface area contributed by atoms with Crippen LogP contribution in [0, 0.1) is 5.41 Å². The van der Waals surface area contributed by atoms with Gasteiger partial charge in [-0.05, 0) is 37.6 Å². The summed E-state index contributed by atoms with van der Waals surface area (Å²) in [5, 5.41) is 9.80. The first-order valence-corrected chi connectivity index (χ1v) is 7.96. The van der Waals surface area contributed by atoms with Gasteiger partial charge in [0.15, 0.2) is 11.5 Å². The van der Waals surface area contributed by atoms with Crippen molar-refractivity contribution in [2.45, 2.75) is 19.4 Å². The Balaban J connectivity index is 1.62. The molecule has 1 aromatic rings. The van der Waals surface area contributed by atoms with Gasteiger partial charge in [0.2, 0.25) is 0 Å². The molecule has 1 N–H and O–H groups in total. The van der Waals surface area contributed by atoms with Crippen molar-refractivity contribution >= 4 is 0 Å². The first-order chi connectivity index (χ1) is 10.7. The minimum atomic E-state index is -0.0270. The Morgan fingerprint density at radius 2 is 1.82 bits per heavy atom. The van der Waals surface area contributed by atoms with Gasteiger partial charge in [-0.1, -0.05) is 6.07 Å². The number of aliphatic hydroxyl groups excluding tert-OH is 1. The SMILES string of the molecule is CN(Cc1ccc2c(c1)OCCO2)CC1(CO)CCOCC1. The second kappa shape index (κ2) is 6.86. The van der Waals surface area contributed by atoms with Gasteiger partial charge in [-0.25, -0.2) is 0 Å². The quantitative estimate of drug-likeness (QED) is 0.897. The Morgan fingerprint density at radius 3 is 2.55 bits per heavy atom. The van der Waals surface area contributed by atoms with Crippen LogP contribution in [0.2, 0.25) is 0 Å². The van der Waals surface area contributed by atoms with Gasteiger partial charge in [-0.2, -0.15) is 0 Å². The van der Waals surface area contributed by atoms with Crippen LogP contribution in [0.5, 0.6) is 11.5 Å². The number of aliphatic hydroxyl groups is 1. The summed E-state index contributed by atoms with van der Waals surface area (Å²) < 4.78 is 16.6. The lowest BCUT2D eigenvalue weighted by atomic mass is 9.80. The zero-order valence-corrected chi connectivity index (χ0v) is 13.2. The highest BCUT2D eigenvalue weighted by molar-refractivity contribution is 5.43. The summed E-state index contributed by atoms with van der Waals surface area (Å²) in [6.45, 7) is 4.66. The van der Waals surface area contributed by atoms with Crippen molar-refractivity contribution in [3.05, 3.63) is 23.8 Å². The average Bonchev–Trinajstić information content (AvgIpc) is 2.55. The molecule has 0 amide bonds. The number of fused-ring (bicyclic) bond motifs is 1. The van der Waals surface area contributed by atoms with E-state index in [0.29, 0.717) is 13.2 Å². The van der Waals surface area contributed by atoms with Crippen molar-refractivity contribution in [3.63, 3.8) is 0 Å². The molecule has 0 unspecified atom stereocenters. The molecule has 0 saturated carbocycles. The summed E-state index contributed by atoms with van der Waals surface area (Å²) in [5.74, 6) is 1.66. The Morgan fingerprint density at radius 1 is 1.09 bits per heavy atom. The van der Waals surface area contributed by atoms with Crippen LogP contribution in [-0.4, -0.2) is 56.6 Å². The van der Waals surface area contributed by atoms with Gasteiger partial charge in [-0.15, -0.1) is 0 Å². The molecule has 2 aliphatic rings. The predicted octanol–water partition coefficient (Wildman–Crippen LogP) is 1.68. The van der Waals surface area contributed by atoms with Crippen LogP contribution in [0.1, 0.15) is 18.4 Å². The van der Waals surface area contributed by atoms with Gasteiger partial charge in [0.1, 0.15) is 13.2 Å². The molecule has 22 heavy (non-hydrogen) atoms. The summed E-state index contributed by atoms with van der Waals surface area (Å²) in [6, 6.07) is 6.12. The number of hydrogen-bond acceptors (Lipinski definition) is 5. The molecule has 122 valence electrons. The van der Waals surface area contributed by atoms with Gasteiger partial charge >= 0.3 is 0 Å². The summed E-state index contributed by atoms with van der Waals surface area (Å²) in [5.41, 5.74) is 1.17. The smallest absolute Gasteiger partial charge is 0.161 e. The highest BCUT2D eigenvalue weighted by Crippen LogP contribution is 2.33. The molecule has 1 saturated heterocycles. The zero-order chi connectivity index (χ0) is 15.4. The molecule has 1 aromatic carbocycles. The monoisotopic (exact) mass is 307 g/mol. The van der Waals surface area contributed by atoms with Crippen molar-refractivity contribution in [1.82, 2.24) is 4.90 Å². The molecular formula is C17H25NO4. The molecule has 0 spiro atoms. The summed E-state index contributed by atoms with van der Waals surface area (Å²) >= 11 is 0. The maximum atomic E-state index is 9.80. The van der Waals surface area contributed by atoms with E-state index in [-0.39, 0.29) is 12.0 Å². The minimum Gasteiger partial charge on any atom is -0.486 e. The normalized spacial score (nSPS) is 20.1. The van der Waals surface area contributed by atoms with Crippen molar-refractivity contribution in [3.8, 4) is 11.5 Å². The van der Waals surface area contributed by atoms with E-state index in [4.69, 9.17) is 14.2 Å². The standard InChI is InChI=1S/C17H25NO4/c1-18(12-17(13-19)4-6-20-7-5-17)11-14-2-3-15-16(10-14)22-9-8-21-15/h2-3,10,19H,4-9,11-13H2,1H3. The molecule has 2 heterocycles. The van der Waals surface area contributed by atoms with Gasteiger partial charge in [0, 0.05) is 31.7 Å². The molecule has 2 aliphatic heterocycles. The van der Waals surface area contributed by atoms with E-state index in [0.717, 1.165) is 50.6 Å². The minimum absolute atomic E-state index is 0.0270. The molecular weight excluding hydrogens is 282 g/mol. The second-order valence-corrected chi connectivity index (χ2v) is 6.42. The van der Waals surface area contributed by atoms with E-state index < -0.39 is 0 Å². The van der Waals surface area contributed by atoms with E-state index >= 15 is 0 Å². The topological polar surface area (TPSA) is 51.2 Å². The Labute approximate surface area is 131 Å². The molecule has 1 fully saturated rings. The zero-order valence-electron chi connectivity index (χ0n) is 13.2. The van der Waals surface area contributed by atoms with Gasteiger partial charge in [-0.3, -0.25) is 0 Å².